The quantitative estimate of drug-likeness (QED) is 0.646. The molecule has 1 heterocycles. The number of nitrogens with zero attached hydrogens (tertiary/aromatic N) is 1. The number of aromatic carboxylic acids is 1. The minimum absolute atomic E-state index is 0.311. The van der Waals surface area contributed by atoms with Gasteiger partial charge in [-0.2, -0.15) is 0 Å². The number of rotatable bonds is 6. The summed E-state index contributed by atoms with van der Waals surface area (Å²) in [6, 6.07) is 15.8. The second-order valence-electron chi connectivity index (χ2n) is 5.62. The number of halogens is 1. The Morgan fingerprint density at radius 1 is 1.04 bits per heavy atom. The molecule has 3 rings (SSSR count). The lowest BCUT2D eigenvalue weighted by Gasteiger charge is -2.07. The highest BCUT2D eigenvalue weighted by molar-refractivity contribution is 6.35. The van der Waals surface area contributed by atoms with Crippen molar-refractivity contribution in [3.63, 3.8) is 0 Å². The summed E-state index contributed by atoms with van der Waals surface area (Å²) in [5, 5.41) is 10.6. The SMILES string of the molecule is O=C(O)c1cn(CCCCc2ccccc2)c2c(Cl)cccc12. The Balaban J connectivity index is 1.74. The van der Waals surface area contributed by atoms with Crippen LogP contribution in [0.4, 0.5) is 0 Å². The van der Waals surface area contributed by atoms with Crippen LogP contribution in [0, 0.1) is 0 Å². The molecule has 0 fully saturated rings. The fourth-order valence-electron chi connectivity index (χ4n) is 2.92. The molecule has 0 radical (unpaired) electrons. The van der Waals surface area contributed by atoms with E-state index in [2.05, 4.69) is 12.1 Å². The van der Waals surface area contributed by atoms with Gasteiger partial charge in [0.15, 0.2) is 0 Å². The smallest absolute Gasteiger partial charge is 0.337 e. The van der Waals surface area contributed by atoms with Gasteiger partial charge in [0, 0.05) is 18.1 Å². The molecule has 118 valence electrons. The lowest BCUT2D eigenvalue weighted by Crippen LogP contribution is -1.98. The molecule has 3 aromatic rings. The molecule has 0 spiro atoms. The van der Waals surface area contributed by atoms with E-state index in [-0.39, 0.29) is 0 Å². The molecule has 0 aliphatic heterocycles. The number of aromatic nitrogens is 1. The highest BCUT2D eigenvalue weighted by atomic mass is 35.5. The number of hydrogen-bond donors (Lipinski definition) is 1. The number of unbranched alkanes of at least 4 members (excludes halogenated alkanes) is 1. The summed E-state index contributed by atoms with van der Waals surface area (Å²) in [5.41, 5.74) is 2.45. The maximum absolute atomic E-state index is 11.4. The minimum Gasteiger partial charge on any atom is -0.478 e. The second kappa shape index (κ2) is 6.88. The minimum atomic E-state index is -0.916. The molecule has 0 saturated carbocycles. The van der Waals surface area contributed by atoms with E-state index in [1.807, 2.05) is 28.8 Å². The molecule has 0 aliphatic carbocycles. The Morgan fingerprint density at radius 2 is 1.83 bits per heavy atom. The van der Waals surface area contributed by atoms with Crippen molar-refractivity contribution in [3.8, 4) is 0 Å². The molecule has 0 saturated heterocycles. The zero-order valence-corrected chi connectivity index (χ0v) is 13.5. The van der Waals surface area contributed by atoms with Crippen molar-refractivity contribution in [1.82, 2.24) is 4.57 Å². The summed E-state index contributed by atoms with van der Waals surface area (Å²) in [6.45, 7) is 0.764. The molecule has 0 bridgehead atoms. The topological polar surface area (TPSA) is 42.2 Å². The lowest BCUT2D eigenvalue weighted by molar-refractivity contribution is 0.0699. The molecule has 0 atom stereocenters. The van der Waals surface area contributed by atoms with Crippen molar-refractivity contribution in [3.05, 3.63) is 70.9 Å². The first-order valence-electron chi connectivity index (χ1n) is 7.71. The van der Waals surface area contributed by atoms with E-state index < -0.39 is 5.97 Å². The molecule has 23 heavy (non-hydrogen) atoms. The molecule has 4 heteroatoms. The van der Waals surface area contributed by atoms with E-state index in [0.717, 1.165) is 31.3 Å². The van der Waals surface area contributed by atoms with E-state index >= 15 is 0 Å². The fraction of sp³-hybridized carbons (Fsp3) is 0.211. The van der Waals surface area contributed by atoms with Crippen LogP contribution in [0.25, 0.3) is 10.9 Å². The first kappa shape index (κ1) is 15.6. The Hall–Kier alpha value is -2.26. The van der Waals surface area contributed by atoms with Crippen LogP contribution in [0.15, 0.2) is 54.7 Å². The average Bonchev–Trinajstić information content (AvgIpc) is 2.93. The van der Waals surface area contributed by atoms with Crippen molar-refractivity contribution in [1.29, 1.82) is 0 Å². The maximum atomic E-state index is 11.4. The molecule has 0 aliphatic rings. The molecule has 3 nitrogen and oxygen atoms in total. The lowest BCUT2D eigenvalue weighted by atomic mass is 10.1. The second-order valence-corrected chi connectivity index (χ2v) is 6.03. The van der Waals surface area contributed by atoms with Gasteiger partial charge in [0.1, 0.15) is 0 Å². The zero-order chi connectivity index (χ0) is 16.2. The summed E-state index contributed by atoms with van der Waals surface area (Å²) >= 11 is 6.28. The molecule has 0 amide bonds. The highest BCUT2D eigenvalue weighted by Crippen LogP contribution is 2.28. The average molecular weight is 328 g/mol. The Morgan fingerprint density at radius 3 is 2.57 bits per heavy atom. The van der Waals surface area contributed by atoms with E-state index in [4.69, 9.17) is 11.6 Å². The van der Waals surface area contributed by atoms with E-state index in [0.29, 0.717) is 16.0 Å². The normalized spacial score (nSPS) is 11.0. The summed E-state index contributed by atoms with van der Waals surface area (Å²) in [4.78, 5) is 11.4. The van der Waals surface area contributed by atoms with Crippen LogP contribution >= 0.6 is 11.6 Å². The molecule has 2 aromatic carbocycles. The van der Waals surface area contributed by atoms with Gasteiger partial charge >= 0.3 is 5.97 Å². The highest BCUT2D eigenvalue weighted by Gasteiger charge is 2.15. The van der Waals surface area contributed by atoms with Gasteiger partial charge in [0.2, 0.25) is 0 Å². The number of aryl methyl sites for hydroxylation is 2. The van der Waals surface area contributed by atoms with Gasteiger partial charge in [0.05, 0.1) is 16.1 Å². The van der Waals surface area contributed by atoms with E-state index in [1.165, 1.54) is 5.56 Å². The third kappa shape index (κ3) is 3.40. The van der Waals surface area contributed by atoms with Crippen LogP contribution in [-0.4, -0.2) is 15.6 Å². The van der Waals surface area contributed by atoms with Crippen molar-refractivity contribution in [2.45, 2.75) is 25.8 Å². The van der Waals surface area contributed by atoms with Crippen molar-refractivity contribution < 1.29 is 9.90 Å². The van der Waals surface area contributed by atoms with Crippen molar-refractivity contribution in [2.75, 3.05) is 0 Å². The van der Waals surface area contributed by atoms with Crippen LogP contribution in [-0.2, 0) is 13.0 Å². The van der Waals surface area contributed by atoms with Crippen molar-refractivity contribution >= 4 is 28.5 Å². The molecule has 0 unspecified atom stereocenters. The van der Waals surface area contributed by atoms with Crippen LogP contribution in [0.1, 0.15) is 28.8 Å². The summed E-state index contributed by atoms with van der Waals surface area (Å²) in [5.74, 6) is -0.916. The summed E-state index contributed by atoms with van der Waals surface area (Å²) in [6.07, 6.45) is 4.75. The Labute approximate surface area is 140 Å². The molecule has 1 N–H and O–H groups in total. The third-order valence-corrected chi connectivity index (χ3v) is 4.34. The first-order chi connectivity index (χ1) is 11.2. The summed E-state index contributed by atoms with van der Waals surface area (Å²) < 4.78 is 1.96. The van der Waals surface area contributed by atoms with Gasteiger partial charge in [-0.3, -0.25) is 0 Å². The number of carboxylic acid groups (broad SMARTS) is 1. The summed E-state index contributed by atoms with van der Waals surface area (Å²) in [7, 11) is 0. The number of carboxylic acids is 1. The Kier molecular flexibility index (Phi) is 4.68. The van der Waals surface area contributed by atoms with Gasteiger partial charge in [-0.05, 0) is 30.9 Å². The molecular formula is C19H18ClNO2. The van der Waals surface area contributed by atoms with Gasteiger partial charge in [-0.15, -0.1) is 0 Å². The van der Waals surface area contributed by atoms with Gasteiger partial charge in [-0.25, -0.2) is 4.79 Å². The van der Waals surface area contributed by atoms with Crippen LogP contribution in [0.5, 0.6) is 0 Å². The van der Waals surface area contributed by atoms with Crippen LogP contribution < -0.4 is 0 Å². The van der Waals surface area contributed by atoms with E-state index in [9.17, 15) is 9.90 Å². The van der Waals surface area contributed by atoms with Gasteiger partial charge < -0.3 is 9.67 Å². The zero-order valence-electron chi connectivity index (χ0n) is 12.7. The predicted molar refractivity (Wildman–Crippen MR) is 93.3 cm³/mol. The standard InChI is InChI=1S/C19H18ClNO2/c20-17-11-6-10-15-16(19(22)23)13-21(18(15)17)12-5-4-9-14-7-2-1-3-8-14/h1-3,6-8,10-11,13H,4-5,9,12H2,(H,22,23). The number of fused-ring (bicyclic) bond motifs is 1. The number of hydrogen-bond acceptors (Lipinski definition) is 1. The number of carbonyl (C=O) groups is 1. The number of para-hydroxylation sites is 1. The van der Waals surface area contributed by atoms with Crippen LogP contribution in [0.2, 0.25) is 5.02 Å². The van der Waals surface area contributed by atoms with Gasteiger partial charge in [0.25, 0.3) is 0 Å². The fourth-order valence-corrected chi connectivity index (χ4v) is 3.20. The maximum Gasteiger partial charge on any atom is 0.337 e. The third-order valence-electron chi connectivity index (χ3n) is 4.04. The van der Waals surface area contributed by atoms with E-state index in [1.54, 1.807) is 18.3 Å². The monoisotopic (exact) mass is 327 g/mol. The predicted octanol–water partition coefficient (Wildman–Crippen LogP) is 5.02. The van der Waals surface area contributed by atoms with Crippen molar-refractivity contribution in [2.24, 2.45) is 0 Å². The first-order valence-corrected chi connectivity index (χ1v) is 8.09. The number of benzene rings is 2. The Bertz CT molecular complexity index is 824. The van der Waals surface area contributed by atoms with Gasteiger partial charge in [-0.1, -0.05) is 54.1 Å². The largest absolute Gasteiger partial charge is 0.478 e. The van der Waals surface area contributed by atoms with Crippen LogP contribution in [0.3, 0.4) is 0 Å². The molecular weight excluding hydrogens is 310 g/mol. The molecule has 1 aromatic heterocycles.